The number of nitro groups is 1. The first-order chi connectivity index (χ1) is 8.54. The van der Waals surface area contributed by atoms with E-state index in [-0.39, 0.29) is 30.7 Å². The van der Waals surface area contributed by atoms with Crippen molar-refractivity contribution >= 4 is 17.4 Å². The zero-order chi connectivity index (χ0) is 13.5. The van der Waals surface area contributed by atoms with Crippen molar-refractivity contribution < 1.29 is 19.2 Å². The van der Waals surface area contributed by atoms with E-state index in [0.29, 0.717) is 5.56 Å². The normalized spacial score (nSPS) is 9.83. The lowest BCUT2D eigenvalue weighted by atomic mass is 10.0. The molecule has 0 saturated heterocycles. The van der Waals surface area contributed by atoms with Gasteiger partial charge in [0, 0.05) is 18.1 Å². The number of carbonyl (C=O) groups is 2. The summed E-state index contributed by atoms with van der Waals surface area (Å²) in [6.45, 7) is 0. The average Bonchev–Trinajstić information content (AvgIpc) is 2.36. The highest BCUT2D eigenvalue weighted by Gasteiger charge is 2.15. The SMILES string of the molecule is COC(=O)CC(=O)CCc1ccccc1[N+](=O)[O-]. The maximum Gasteiger partial charge on any atom is 0.313 e. The number of para-hydroxylation sites is 1. The summed E-state index contributed by atoms with van der Waals surface area (Å²) in [6.07, 6.45) is 0.0318. The van der Waals surface area contributed by atoms with Crippen molar-refractivity contribution in [2.24, 2.45) is 0 Å². The molecule has 6 nitrogen and oxygen atoms in total. The smallest absolute Gasteiger partial charge is 0.313 e. The number of esters is 1. The Hall–Kier alpha value is -2.24. The van der Waals surface area contributed by atoms with Crippen LogP contribution in [0.15, 0.2) is 24.3 Å². The van der Waals surface area contributed by atoms with E-state index in [9.17, 15) is 19.7 Å². The Morgan fingerprint density at radius 1 is 1.33 bits per heavy atom. The van der Waals surface area contributed by atoms with Crippen LogP contribution >= 0.6 is 0 Å². The lowest BCUT2D eigenvalue weighted by Crippen LogP contribution is -2.10. The lowest BCUT2D eigenvalue weighted by molar-refractivity contribution is -0.385. The van der Waals surface area contributed by atoms with Crippen molar-refractivity contribution in [3.63, 3.8) is 0 Å². The number of benzene rings is 1. The molecule has 0 N–H and O–H groups in total. The molecule has 1 aromatic carbocycles. The Morgan fingerprint density at radius 3 is 2.61 bits per heavy atom. The van der Waals surface area contributed by atoms with Crippen LogP contribution in [0.2, 0.25) is 0 Å². The van der Waals surface area contributed by atoms with Crippen LogP contribution in [0, 0.1) is 10.1 Å². The van der Waals surface area contributed by atoms with Crippen molar-refractivity contribution in [3.8, 4) is 0 Å². The molecule has 0 bridgehead atoms. The predicted molar refractivity (Wildman–Crippen MR) is 63.1 cm³/mol. The van der Waals surface area contributed by atoms with E-state index in [1.54, 1.807) is 18.2 Å². The van der Waals surface area contributed by atoms with E-state index in [4.69, 9.17) is 0 Å². The van der Waals surface area contributed by atoms with Gasteiger partial charge in [-0.3, -0.25) is 19.7 Å². The molecule has 0 aliphatic carbocycles. The van der Waals surface area contributed by atoms with Gasteiger partial charge in [0.25, 0.3) is 5.69 Å². The number of carbonyl (C=O) groups excluding carboxylic acids is 2. The van der Waals surface area contributed by atoms with E-state index in [1.165, 1.54) is 13.2 Å². The summed E-state index contributed by atoms with van der Waals surface area (Å²) in [5, 5.41) is 10.7. The number of hydrogen-bond acceptors (Lipinski definition) is 5. The van der Waals surface area contributed by atoms with Crippen LogP contribution in [-0.4, -0.2) is 23.8 Å². The summed E-state index contributed by atoms with van der Waals surface area (Å²) in [5.41, 5.74) is 0.476. The van der Waals surface area contributed by atoms with Crippen LogP contribution in [0.4, 0.5) is 5.69 Å². The molecule has 1 rings (SSSR count). The summed E-state index contributed by atoms with van der Waals surface area (Å²) in [6, 6.07) is 6.23. The van der Waals surface area contributed by atoms with Gasteiger partial charge in [-0.05, 0) is 6.42 Å². The molecular weight excluding hydrogens is 238 g/mol. The number of hydrogen-bond donors (Lipinski definition) is 0. The second-order valence-electron chi connectivity index (χ2n) is 3.68. The minimum Gasteiger partial charge on any atom is -0.469 e. The molecule has 0 amide bonds. The van der Waals surface area contributed by atoms with Gasteiger partial charge < -0.3 is 4.74 Å². The van der Waals surface area contributed by atoms with Gasteiger partial charge in [-0.1, -0.05) is 18.2 Å². The van der Waals surface area contributed by atoms with Crippen LogP contribution in [0.3, 0.4) is 0 Å². The molecule has 0 aliphatic rings. The zero-order valence-corrected chi connectivity index (χ0v) is 9.92. The fraction of sp³-hybridized carbons (Fsp3) is 0.333. The Kier molecular flexibility index (Phi) is 4.98. The highest BCUT2D eigenvalue weighted by atomic mass is 16.6. The monoisotopic (exact) mass is 251 g/mol. The first-order valence-electron chi connectivity index (χ1n) is 5.35. The quantitative estimate of drug-likeness (QED) is 0.332. The van der Waals surface area contributed by atoms with E-state index in [0.717, 1.165) is 0 Å². The van der Waals surface area contributed by atoms with Crippen LogP contribution in [-0.2, 0) is 20.7 Å². The first kappa shape index (κ1) is 13.8. The fourth-order valence-electron chi connectivity index (χ4n) is 1.50. The lowest BCUT2D eigenvalue weighted by Gasteiger charge is -2.02. The van der Waals surface area contributed by atoms with E-state index < -0.39 is 10.9 Å². The number of ether oxygens (including phenoxy) is 1. The fourth-order valence-corrected chi connectivity index (χ4v) is 1.50. The summed E-state index contributed by atoms with van der Waals surface area (Å²) in [7, 11) is 1.21. The molecule has 0 spiro atoms. The van der Waals surface area contributed by atoms with Crippen molar-refractivity contribution in [2.45, 2.75) is 19.3 Å². The number of nitro benzene ring substituents is 1. The van der Waals surface area contributed by atoms with Crippen molar-refractivity contribution in [2.75, 3.05) is 7.11 Å². The Balaban J connectivity index is 2.61. The van der Waals surface area contributed by atoms with E-state index in [2.05, 4.69) is 4.74 Å². The molecule has 0 aliphatic heterocycles. The van der Waals surface area contributed by atoms with Crippen LogP contribution < -0.4 is 0 Å². The highest BCUT2D eigenvalue weighted by Crippen LogP contribution is 2.19. The number of aryl methyl sites for hydroxylation is 1. The van der Waals surface area contributed by atoms with Crippen molar-refractivity contribution in [1.29, 1.82) is 0 Å². The van der Waals surface area contributed by atoms with Crippen LogP contribution in [0.1, 0.15) is 18.4 Å². The zero-order valence-electron chi connectivity index (χ0n) is 9.92. The topological polar surface area (TPSA) is 86.5 Å². The number of rotatable bonds is 6. The van der Waals surface area contributed by atoms with Gasteiger partial charge in [-0.15, -0.1) is 0 Å². The van der Waals surface area contributed by atoms with Gasteiger partial charge >= 0.3 is 5.97 Å². The first-order valence-corrected chi connectivity index (χ1v) is 5.35. The predicted octanol–water partition coefficient (Wildman–Crippen LogP) is 1.66. The Bertz CT molecular complexity index is 469. The number of nitrogens with zero attached hydrogens (tertiary/aromatic N) is 1. The van der Waals surface area contributed by atoms with Crippen LogP contribution in [0.5, 0.6) is 0 Å². The number of methoxy groups -OCH3 is 1. The van der Waals surface area contributed by atoms with Gasteiger partial charge in [-0.2, -0.15) is 0 Å². The molecule has 0 atom stereocenters. The largest absolute Gasteiger partial charge is 0.469 e. The third-order valence-electron chi connectivity index (χ3n) is 2.43. The minimum absolute atomic E-state index is 0.0108. The molecule has 0 aromatic heterocycles. The summed E-state index contributed by atoms with van der Waals surface area (Å²) in [5.74, 6) is -0.887. The molecule has 0 saturated carbocycles. The molecule has 0 heterocycles. The molecule has 96 valence electrons. The van der Waals surface area contributed by atoms with E-state index in [1.807, 2.05) is 0 Å². The van der Waals surface area contributed by atoms with E-state index >= 15 is 0 Å². The average molecular weight is 251 g/mol. The maximum absolute atomic E-state index is 11.4. The molecule has 18 heavy (non-hydrogen) atoms. The van der Waals surface area contributed by atoms with Crippen molar-refractivity contribution in [1.82, 2.24) is 0 Å². The van der Waals surface area contributed by atoms with Gasteiger partial charge in [0.1, 0.15) is 12.2 Å². The summed E-state index contributed by atoms with van der Waals surface area (Å²) >= 11 is 0. The summed E-state index contributed by atoms with van der Waals surface area (Å²) < 4.78 is 4.37. The number of Topliss-reactive ketones (excluding diaryl/α,β-unsaturated/α-hetero) is 1. The molecule has 0 unspecified atom stereocenters. The second kappa shape index (κ2) is 6.48. The third-order valence-corrected chi connectivity index (χ3v) is 2.43. The maximum atomic E-state index is 11.4. The molecule has 6 heteroatoms. The highest BCUT2D eigenvalue weighted by molar-refractivity contribution is 5.95. The van der Waals surface area contributed by atoms with Gasteiger partial charge in [-0.25, -0.2) is 0 Å². The molecule has 1 aromatic rings. The van der Waals surface area contributed by atoms with Gasteiger partial charge in [0.05, 0.1) is 12.0 Å². The molecule has 0 radical (unpaired) electrons. The Labute approximate surface area is 104 Å². The number of ketones is 1. The van der Waals surface area contributed by atoms with Crippen LogP contribution in [0.25, 0.3) is 0 Å². The van der Waals surface area contributed by atoms with Crippen molar-refractivity contribution in [3.05, 3.63) is 39.9 Å². The van der Waals surface area contributed by atoms with Gasteiger partial charge in [0.2, 0.25) is 0 Å². The Morgan fingerprint density at radius 2 is 2.00 bits per heavy atom. The standard InChI is InChI=1S/C12H13NO5/c1-18-12(15)8-10(14)7-6-9-4-2-3-5-11(9)13(16)17/h2-5H,6-8H2,1H3. The van der Waals surface area contributed by atoms with Gasteiger partial charge in [0.15, 0.2) is 0 Å². The second-order valence-corrected chi connectivity index (χ2v) is 3.68. The molecule has 0 fully saturated rings. The summed E-state index contributed by atoms with van der Waals surface area (Å²) in [4.78, 5) is 32.5. The minimum atomic E-state index is -0.595. The molecular formula is C12H13NO5. The third kappa shape index (κ3) is 3.97.